The molecule has 1 rings (SSSR count). The lowest BCUT2D eigenvalue weighted by molar-refractivity contribution is -0.262. The molecule has 1 aliphatic rings. The van der Waals surface area contributed by atoms with Crippen molar-refractivity contribution in [3.63, 3.8) is 0 Å². The van der Waals surface area contributed by atoms with Crippen LogP contribution in [0.3, 0.4) is 0 Å². The minimum Gasteiger partial charge on any atom is -0.463 e. The van der Waals surface area contributed by atoms with Crippen LogP contribution in [-0.2, 0) is 43.0 Å². The first kappa shape index (κ1) is 18.8. The lowest BCUT2D eigenvalue weighted by Gasteiger charge is -2.40. The maximum Gasteiger partial charge on any atom is 0.304 e. The van der Waals surface area contributed by atoms with Gasteiger partial charge in [-0.2, -0.15) is 5.48 Å². The average Bonchev–Trinajstić information content (AvgIpc) is 2.39. The van der Waals surface area contributed by atoms with Crippen molar-refractivity contribution in [3.05, 3.63) is 0 Å². The third-order valence-corrected chi connectivity index (χ3v) is 2.67. The van der Waals surface area contributed by atoms with Gasteiger partial charge < -0.3 is 18.9 Å². The average molecular weight is 333 g/mol. The van der Waals surface area contributed by atoms with Gasteiger partial charge in [0.1, 0.15) is 6.61 Å². The van der Waals surface area contributed by atoms with Crippen molar-refractivity contribution in [1.29, 1.82) is 0 Å². The molecule has 0 aromatic heterocycles. The number of nitrogens with one attached hydrogen (secondary N) is 1. The fourth-order valence-corrected chi connectivity index (χ4v) is 1.93. The predicted octanol–water partition coefficient (Wildman–Crippen LogP) is -0.794. The van der Waals surface area contributed by atoms with E-state index in [9.17, 15) is 19.2 Å². The van der Waals surface area contributed by atoms with E-state index in [1.54, 1.807) is 0 Å². The summed E-state index contributed by atoms with van der Waals surface area (Å²) in [6, 6.07) is 0. The van der Waals surface area contributed by atoms with Gasteiger partial charge in [0.25, 0.3) is 0 Å². The predicted molar refractivity (Wildman–Crippen MR) is 71.3 cm³/mol. The van der Waals surface area contributed by atoms with Gasteiger partial charge in [-0.05, 0) is 0 Å². The number of rotatable bonds is 5. The molecule has 1 aliphatic heterocycles. The van der Waals surface area contributed by atoms with Crippen molar-refractivity contribution in [2.45, 2.75) is 52.2 Å². The Morgan fingerprint density at radius 1 is 0.826 bits per heavy atom. The number of esters is 4. The second-order valence-corrected chi connectivity index (χ2v) is 4.75. The Morgan fingerprint density at radius 2 is 1.35 bits per heavy atom. The number of ether oxygens (including phenoxy) is 4. The topological polar surface area (TPSA) is 126 Å². The van der Waals surface area contributed by atoms with Gasteiger partial charge in [-0.3, -0.25) is 24.0 Å². The normalized spacial score (nSPS) is 26.8. The fourth-order valence-electron chi connectivity index (χ4n) is 1.93. The molecule has 10 heteroatoms. The summed E-state index contributed by atoms with van der Waals surface area (Å²) in [6.07, 6.45) is -4.45. The first-order valence-corrected chi connectivity index (χ1v) is 6.77. The molecule has 1 heterocycles. The summed E-state index contributed by atoms with van der Waals surface area (Å²) in [5, 5.41) is 0. The van der Waals surface area contributed by atoms with Gasteiger partial charge in [0, 0.05) is 27.7 Å². The molecule has 130 valence electrons. The highest BCUT2D eigenvalue weighted by atomic mass is 16.7. The van der Waals surface area contributed by atoms with E-state index in [0.717, 1.165) is 20.8 Å². The second-order valence-electron chi connectivity index (χ2n) is 4.75. The number of carbonyl (C=O) groups excluding carboxylic acids is 4. The van der Waals surface area contributed by atoms with Gasteiger partial charge in [-0.1, -0.05) is 0 Å². The Labute approximate surface area is 132 Å². The Morgan fingerprint density at radius 3 is 1.83 bits per heavy atom. The third kappa shape index (κ3) is 6.20. The van der Waals surface area contributed by atoms with Crippen molar-refractivity contribution in [2.75, 3.05) is 6.61 Å². The highest BCUT2D eigenvalue weighted by molar-refractivity contribution is 5.68. The van der Waals surface area contributed by atoms with Gasteiger partial charge in [0.05, 0.1) is 0 Å². The Bertz CT molecular complexity index is 478. The molecule has 1 saturated heterocycles. The number of carbonyl (C=O) groups is 4. The van der Waals surface area contributed by atoms with Crippen LogP contribution in [0.4, 0.5) is 0 Å². The van der Waals surface area contributed by atoms with Crippen LogP contribution in [0.1, 0.15) is 27.7 Å². The van der Waals surface area contributed by atoms with Gasteiger partial charge in [0.2, 0.25) is 6.23 Å². The van der Waals surface area contributed by atoms with Crippen molar-refractivity contribution in [3.8, 4) is 0 Å². The van der Waals surface area contributed by atoms with E-state index in [0.29, 0.717) is 0 Å². The molecule has 1 fully saturated rings. The lowest BCUT2D eigenvalue weighted by atomic mass is 10.1. The summed E-state index contributed by atoms with van der Waals surface area (Å²) >= 11 is 0. The molecule has 0 aliphatic carbocycles. The molecule has 10 nitrogen and oxygen atoms in total. The van der Waals surface area contributed by atoms with Crippen LogP contribution in [0.25, 0.3) is 0 Å². The molecule has 0 saturated carbocycles. The zero-order valence-corrected chi connectivity index (χ0v) is 13.2. The van der Waals surface area contributed by atoms with E-state index < -0.39 is 48.4 Å². The molecule has 0 radical (unpaired) electrons. The van der Waals surface area contributed by atoms with Crippen LogP contribution in [0.2, 0.25) is 0 Å². The molecule has 0 aromatic carbocycles. The van der Waals surface area contributed by atoms with Crippen LogP contribution in [0.15, 0.2) is 0 Å². The van der Waals surface area contributed by atoms with Crippen LogP contribution in [-0.4, -0.2) is 55.0 Å². The van der Waals surface area contributed by atoms with Crippen molar-refractivity contribution in [2.24, 2.45) is 0 Å². The van der Waals surface area contributed by atoms with Crippen LogP contribution < -0.4 is 5.48 Å². The largest absolute Gasteiger partial charge is 0.463 e. The van der Waals surface area contributed by atoms with Crippen molar-refractivity contribution < 1.29 is 43.0 Å². The molecule has 0 spiro atoms. The minimum atomic E-state index is -1.19. The molecule has 1 N–H and O–H groups in total. The molecule has 23 heavy (non-hydrogen) atoms. The summed E-state index contributed by atoms with van der Waals surface area (Å²) in [7, 11) is 0. The zero-order valence-electron chi connectivity index (χ0n) is 13.2. The molecule has 0 aromatic rings. The van der Waals surface area contributed by atoms with Crippen molar-refractivity contribution in [1.82, 2.24) is 5.48 Å². The third-order valence-electron chi connectivity index (χ3n) is 2.67. The van der Waals surface area contributed by atoms with Gasteiger partial charge in [-0.25, -0.2) is 0 Å². The highest BCUT2D eigenvalue weighted by Crippen LogP contribution is 2.22. The van der Waals surface area contributed by atoms with Gasteiger partial charge in [-0.15, -0.1) is 0 Å². The van der Waals surface area contributed by atoms with Gasteiger partial charge in [0.15, 0.2) is 18.3 Å². The summed E-state index contributed by atoms with van der Waals surface area (Å²) in [5.41, 5.74) is 2.38. The number of hydroxylamine groups is 1. The number of hydrogen-bond donors (Lipinski definition) is 1. The molecular weight excluding hydrogens is 314 g/mol. The first-order valence-electron chi connectivity index (χ1n) is 6.77. The summed E-state index contributed by atoms with van der Waals surface area (Å²) < 4.78 is 19.9. The molecular formula is C13H19NO9. The van der Waals surface area contributed by atoms with E-state index >= 15 is 0 Å². The Hall–Kier alpha value is -2.20. The molecule has 0 bridgehead atoms. The zero-order chi connectivity index (χ0) is 17.6. The summed E-state index contributed by atoms with van der Waals surface area (Å²) in [4.78, 5) is 49.8. The monoisotopic (exact) mass is 333 g/mol. The quantitative estimate of drug-likeness (QED) is 0.505. The summed E-state index contributed by atoms with van der Waals surface area (Å²) in [6.45, 7) is 4.38. The van der Waals surface area contributed by atoms with E-state index in [-0.39, 0.29) is 6.61 Å². The SMILES string of the molecule is CC(=O)OCC1ONC(OC(C)=O)C(OC(C)=O)[C@H]1OC(C)=O. The molecule has 4 atom stereocenters. The molecule has 3 unspecified atom stereocenters. The maximum absolute atomic E-state index is 11.3. The maximum atomic E-state index is 11.3. The Balaban J connectivity index is 2.98. The van der Waals surface area contributed by atoms with Crippen LogP contribution in [0, 0.1) is 0 Å². The fraction of sp³-hybridized carbons (Fsp3) is 0.692. The van der Waals surface area contributed by atoms with Crippen LogP contribution in [0.5, 0.6) is 0 Å². The second kappa shape index (κ2) is 8.44. The van der Waals surface area contributed by atoms with E-state index in [1.165, 1.54) is 6.92 Å². The van der Waals surface area contributed by atoms with Crippen LogP contribution >= 0.6 is 0 Å². The van der Waals surface area contributed by atoms with E-state index in [1.807, 2.05) is 0 Å². The van der Waals surface area contributed by atoms with E-state index in [4.69, 9.17) is 23.8 Å². The smallest absolute Gasteiger partial charge is 0.304 e. The Kier molecular flexibility index (Phi) is 6.91. The lowest BCUT2D eigenvalue weighted by Crippen LogP contribution is -2.63. The van der Waals surface area contributed by atoms with Crippen molar-refractivity contribution >= 4 is 23.9 Å². The minimum absolute atomic E-state index is 0.259. The standard InChI is InChI=1S/C13H19NO9/c1-6(15)19-5-10-11(20-7(2)16)12(21-8(3)17)13(14-23-10)22-9(4)18/h10-14H,5H2,1-4H3/t10?,11-,12?,13?/m0/s1. The first-order chi connectivity index (χ1) is 10.7. The summed E-state index contributed by atoms with van der Waals surface area (Å²) in [5.74, 6) is -2.59. The highest BCUT2D eigenvalue weighted by Gasteiger charge is 2.47. The number of hydrogen-bond acceptors (Lipinski definition) is 10. The molecule has 0 amide bonds. The van der Waals surface area contributed by atoms with Gasteiger partial charge >= 0.3 is 23.9 Å². The van der Waals surface area contributed by atoms with E-state index in [2.05, 4.69) is 5.48 Å².